The number of halogens is 1. The fourth-order valence-corrected chi connectivity index (χ4v) is 3.01. The van der Waals surface area contributed by atoms with E-state index in [1.807, 2.05) is 0 Å². The number of ether oxygens (including phenoxy) is 3. The van der Waals surface area contributed by atoms with Crippen LogP contribution in [0.2, 0.25) is 0 Å². The van der Waals surface area contributed by atoms with E-state index in [2.05, 4.69) is 4.74 Å². The largest absolute Gasteiger partial charge is 0.489 e. The Morgan fingerprint density at radius 3 is 2.57 bits per heavy atom. The van der Waals surface area contributed by atoms with Gasteiger partial charge in [0.25, 0.3) is 0 Å². The lowest BCUT2D eigenvalue weighted by atomic mass is 10.1. The summed E-state index contributed by atoms with van der Waals surface area (Å²) >= 11 is 0. The smallest absolute Gasteiger partial charge is 0.337 e. The van der Waals surface area contributed by atoms with Crippen LogP contribution >= 0.6 is 0 Å². The van der Waals surface area contributed by atoms with Gasteiger partial charge in [0.05, 0.1) is 18.2 Å². The third-order valence-corrected chi connectivity index (χ3v) is 4.61. The number of rotatable bonds is 5. The van der Waals surface area contributed by atoms with Crippen molar-refractivity contribution in [3.63, 3.8) is 0 Å². The highest BCUT2D eigenvalue weighted by atomic mass is 19.1. The summed E-state index contributed by atoms with van der Waals surface area (Å²) < 4.78 is 29.9. The van der Waals surface area contributed by atoms with Crippen molar-refractivity contribution >= 4 is 17.8 Å². The van der Waals surface area contributed by atoms with Crippen LogP contribution in [-0.2, 0) is 11.3 Å². The predicted octanol–water partition coefficient (Wildman–Crippen LogP) is 4.81. The van der Waals surface area contributed by atoms with Crippen molar-refractivity contribution in [1.82, 2.24) is 0 Å². The number of ketones is 1. The van der Waals surface area contributed by atoms with Crippen molar-refractivity contribution in [2.45, 2.75) is 6.61 Å². The first-order chi connectivity index (χ1) is 14.5. The maximum absolute atomic E-state index is 13.9. The Bertz CT molecular complexity index is 1150. The van der Waals surface area contributed by atoms with Gasteiger partial charge in [-0.3, -0.25) is 4.79 Å². The minimum atomic E-state index is -0.431. The van der Waals surface area contributed by atoms with Gasteiger partial charge in [-0.15, -0.1) is 0 Å². The molecule has 0 saturated carbocycles. The Kier molecular flexibility index (Phi) is 5.30. The molecule has 0 fully saturated rings. The molecule has 0 spiro atoms. The van der Waals surface area contributed by atoms with Crippen LogP contribution in [0.4, 0.5) is 4.39 Å². The third kappa shape index (κ3) is 3.93. The molecule has 1 heterocycles. The van der Waals surface area contributed by atoms with E-state index >= 15 is 0 Å². The first kappa shape index (κ1) is 19.4. The minimum absolute atomic E-state index is 0.0608. The molecule has 0 bridgehead atoms. The van der Waals surface area contributed by atoms with Crippen LogP contribution in [0, 0.1) is 5.82 Å². The van der Waals surface area contributed by atoms with Crippen LogP contribution < -0.4 is 9.47 Å². The van der Waals surface area contributed by atoms with Gasteiger partial charge in [-0.05, 0) is 42.0 Å². The number of fused-ring (bicyclic) bond motifs is 1. The van der Waals surface area contributed by atoms with Crippen LogP contribution in [0.3, 0.4) is 0 Å². The SMILES string of the molecule is COC(=O)c1ccc(COc2ccc3c(c2)O/C(=C\c2ccccc2F)C3=O)cc1. The molecule has 1 aliphatic heterocycles. The fourth-order valence-electron chi connectivity index (χ4n) is 3.01. The standard InChI is InChI=1S/C24H17FO5/c1-28-24(27)16-8-6-15(7-9-16)14-29-18-10-11-19-21(13-18)30-22(23(19)26)12-17-4-2-3-5-20(17)25/h2-13H,14H2,1H3/b22-12-. The van der Waals surface area contributed by atoms with Gasteiger partial charge < -0.3 is 14.2 Å². The summed E-state index contributed by atoms with van der Waals surface area (Å²) in [5.74, 6) is -0.197. The van der Waals surface area contributed by atoms with E-state index in [-0.39, 0.29) is 23.7 Å². The highest BCUT2D eigenvalue weighted by molar-refractivity contribution is 6.14. The highest BCUT2D eigenvalue weighted by Crippen LogP contribution is 2.35. The Hall–Kier alpha value is -3.93. The molecular formula is C24H17FO5. The minimum Gasteiger partial charge on any atom is -0.489 e. The van der Waals surface area contributed by atoms with Crippen LogP contribution in [0.15, 0.2) is 72.5 Å². The zero-order chi connectivity index (χ0) is 21.1. The number of methoxy groups -OCH3 is 1. The number of benzene rings is 3. The van der Waals surface area contributed by atoms with E-state index in [0.29, 0.717) is 22.6 Å². The summed E-state index contributed by atoms with van der Waals surface area (Å²) in [4.78, 5) is 24.0. The Labute approximate surface area is 172 Å². The first-order valence-corrected chi connectivity index (χ1v) is 9.18. The molecule has 3 aromatic carbocycles. The van der Waals surface area contributed by atoms with Crippen molar-refractivity contribution in [3.8, 4) is 11.5 Å². The van der Waals surface area contributed by atoms with Gasteiger partial charge >= 0.3 is 5.97 Å². The van der Waals surface area contributed by atoms with Crippen molar-refractivity contribution in [3.05, 3.63) is 101 Å². The Morgan fingerprint density at radius 1 is 1.07 bits per heavy atom. The third-order valence-electron chi connectivity index (χ3n) is 4.61. The van der Waals surface area contributed by atoms with Crippen molar-refractivity contribution in [2.24, 2.45) is 0 Å². The molecule has 5 nitrogen and oxygen atoms in total. The number of esters is 1. The van der Waals surface area contributed by atoms with Gasteiger partial charge in [0, 0.05) is 11.6 Å². The second kappa shape index (κ2) is 8.21. The number of hydrogen-bond acceptors (Lipinski definition) is 5. The normalized spacial score (nSPS) is 13.7. The van der Waals surface area contributed by atoms with E-state index in [0.717, 1.165) is 5.56 Å². The van der Waals surface area contributed by atoms with Gasteiger partial charge in [0.2, 0.25) is 5.78 Å². The van der Waals surface area contributed by atoms with Crippen LogP contribution in [0.5, 0.6) is 11.5 Å². The predicted molar refractivity (Wildman–Crippen MR) is 108 cm³/mol. The van der Waals surface area contributed by atoms with E-state index in [1.54, 1.807) is 60.7 Å². The van der Waals surface area contributed by atoms with Crippen LogP contribution in [0.1, 0.15) is 31.8 Å². The lowest BCUT2D eigenvalue weighted by molar-refractivity contribution is 0.0600. The van der Waals surface area contributed by atoms with Crippen LogP contribution in [-0.4, -0.2) is 18.9 Å². The summed E-state index contributed by atoms with van der Waals surface area (Å²) in [7, 11) is 1.33. The van der Waals surface area contributed by atoms with Crippen LogP contribution in [0.25, 0.3) is 6.08 Å². The molecule has 0 amide bonds. The molecule has 1 aliphatic rings. The average molecular weight is 404 g/mol. The molecule has 0 N–H and O–H groups in total. The summed E-state index contributed by atoms with van der Waals surface area (Å²) in [6.45, 7) is 0.270. The lowest BCUT2D eigenvalue weighted by Gasteiger charge is -2.08. The number of Topliss-reactive ketones (excluding diaryl/α,β-unsaturated/α-hetero) is 1. The molecule has 0 unspecified atom stereocenters. The Morgan fingerprint density at radius 2 is 1.83 bits per heavy atom. The second-order valence-corrected chi connectivity index (χ2v) is 6.60. The molecule has 0 saturated heterocycles. The molecule has 150 valence electrons. The number of allylic oxidation sites excluding steroid dienone is 1. The quantitative estimate of drug-likeness (QED) is 0.451. The van der Waals surface area contributed by atoms with Crippen molar-refractivity contribution in [2.75, 3.05) is 7.11 Å². The van der Waals surface area contributed by atoms with E-state index < -0.39 is 11.8 Å². The van der Waals surface area contributed by atoms with Gasteiger partial charge in [0.15, 0.2) is 5.76 Å². The number of carbonyl (C=O) groups excluding carboxylic acids is 2. The second-order valence-electron chi connectivity index (χ2n) is 6.60. The van der Waals surface area contributed by atoms with E-state index in [9.17, 15) is 14.0 Å². The summed E-state index contributed by atoms with van der Waals surface area (Å²) in [5.41, 5.74) is 1.99. The monoisotopic (exact) mass is 404 g/mol. The molecule has 0 aliphatic carbocycles. The average Bonchev–Trinajstić information content (AvgIpc) is 3.08. The number of carbonyl (C=O) groups is 2. The van der Waals surface area contributed by atoms with Gasteiger partial charge in [-0.25, -0.2) is 9.18 Å². The van der Waals surface area contributed by atoms with E-state index in [1.165, 1.54) is 19.3 Å². The summed E-state index contributed by atoms with van der Waals surface area (Å²) in [6, 6.07) is 17.9. The topological polar surface area (TPSA) is 61.8 Å². The molecule has 4 rings (SSSR count). The molecule has 3 aromatic rings. The summed E-state index contributed by atoms with van der Waals surface area (Å²) in [6.07, 6.45) is 1.39. The van der Waals surface area contributed by atoms with Crippen molar-refractivity contribution in [1.29, 1.82) is 0 Å². The van der Waals surface area contributed by atoms with Gasteiger partial charge in [-0.1, -0.05) is 30.3 Å². The molecule has 0 aromatic heterocycles. The zero-order valence-corrected chi connectivity index (χ0v) is 16.1. The lowest BCUT2D eigenvalue weighted by Crippen LogP contribution is -2.02. The maximum Gasteiger partial charge on any atom is 0.337 e. The molecule has 6 heteroatoms. The molecule has 0 radical (unpaired) electrons. The maximum atomic E-state index is 13.9. The molecule has 30 heavy (non-hydrogen) atoms. The van der Waals surface area contributed by atoms with Gasteiger partial charge in [0.1, 0.15) is 23.9 Å². The first-order valence-electron chi connectivity index (χ1n) is 9.18. The molecular weight excluding hydrogens is 387 g/mol. The highest BCUT2D eigenvalue weighted by Gasteiger charge is 2.28. The number of hydrogen-bond donors (Lipinski definition) is 0. The summed E-state index contributed by atoms with van der Waals surface area (Å²) in [5, 5.41) is 0. The van der Waals surface area contributed by atoms with Gasteiger partial charge in [-0.2, -0.15) is 0 Å². The fraction of sp³-hybridized carbons (Fsp3) is 0.0833. The van der Waals surface area contributed by atoms with E-state index in [4.69, 9.17) is 9.47 Å². The Balaban J connectivity index is 1.46. The molecule has 0 atom stereocenters. The van der Waals surface area contributed by atoms with Crippen molar-refractivity contribution < 1.29 is 28.2 Å². The zero-order valence-electron chi connectivity index (χ0n) is 16.1.